The molecule has 2 aliphatic rings. The van der Waals surface area contributed by atoms with E-state index in [1.165, 1.54) is 7.11 Å². The van der Waals surface area contributed by atoms with E-state index in [0.29, 0.717) is 24.1 Å². The van der Waals surface area contributed by atoms with Crippen molar-refractivity contribution in [1.29, 1.82) is 0 Å². The number of benzene rings is 4. The molecule has 2 saturated heterocycles. The first-order valence-electron chi connectivity index (χ1n) is 18.1. The van der Waals surface area contributed by atoms with Crippen molar-refractivity contribution < 1.29 is 19.1 Å². The lowest BCUT2D eigenvalue weighted by Gasteiger charge is -2.26. The second-order valence-corrected chi connectivity index (χ2v) is 14.5. The van der Waals surface area contributed by atoms with Gasteiger partial charge in [0.15, 0.2) is 0 Å². The summed E-state index contributed by atoms with van der Waals surface area (Å²) in [4.78, 5) is 50.4. The number of nitrogens with zero attached hydrogens (tertiary/aromatic N) is 3. The van der Waals surface area contributed by atoms with Gasteiger partial charge in [-0.05, 0) is 95.0 Å². The summed E-state index contributed by atoms with van der Waals surface area (Å²) in [5.41, 5.74) is 13.2. The van der Waals surface area contributed by atoms with E-state index < -0.39 is 6.09 Å². The van der Waals surface area contributed by atoms with Crippen LogP contribution in [0.1, 0.15) is 62.5 Å². The smallest absolute Gasteiger partial charge is 0.407 e. The summed E-state index contributed by atoms with van der Waals surface area (Å²) in [7, 11) is 1.27. The fraction of sp³-hybridized carbons (Fsp3) is 0.333. The molecule has 0 bridgehead atoms. The number of amides is 3. The van der Waals surface area contributed by atoms with Crippen molar-refractivity contribution in [2.24, 2.45) is 17.6 Å². The van der Waals surface area contributed by atoms with Gasteiger partial charge in [-0.3, -0.25) is 9.59 Å². The van der Waals surface area contributed by atoms with Crippen molar-refractivity contribution in [2.75, 3.05) is 26.7 Å². The molecule has 0 unspecified atom stereocenters. The van der Waals surface area contributed by atoms with Crippen molar-refractivity contribution in [3.8, 4) is 11.1 Å². The molecule has 10 nitrogen and oxygen atoms in total. The van der Waals surface area contributed by atoms with Crippen LogP contribution in [-0.4, -0.2) is 70.5 Å². The molecule has 5 atom stereocenters. The van der Waals surface area contributed by atoms with E-state index in [-0.39, 0.29) is 36.4 Å². The monoisotopic (exact) mass is 698 g/mol. The van der Waals surface area contributed by atoms with Crippen LogP contribution < -0.4 is 11.1 Å². The maximum absolute atomic E-state index is 13.7. The highest BCUT2D eigenvalue weighted by atomic mass is 16.5. The molecular weight excluding hydrogens is 652 g/mol. The van der Waals surface area contributed by atoms with E-state index >= 15 is 0 Å². The molecule has 52 heavy (non-hydrogen) atoms. The molecule has 3 amide bonds. The van der Waals surface area contributed by atoms with E-state index in [1.54, 1.807) is 4.90 Å². The van der Waals surface area contributed by atoms with E-state index in [2.05, 4.69) is 71.3 Å². The first-order chi connectivity index (χ1) is 25.1. The van der Waals surface area contributed by atoms with Gasteiger partial charge in [0.05, 0.1) is 36.1 Å². The molecule has 3 heterocycles. The van der Waals surface area contributed by atoms with Crippen molar-refractivity contribution in [3.05, 3.63) is 108 Å². The third-order valence-corrected chi connectivity index (χ3v) is 10.6. The summed E-state index contributed by atoms with van der Waals surface area (Å²) in [6, 6.07) is 28.6. The summed E-state index contributed by atoms with van der Waals surface area (Å²) >= 11 is 0. The molecule has 2 aliphatic heterocycles. The number of ether oxygens (including phenoxy) is 1. The number of nitrogens with two attached hydrogens (primary N) is 1. The van der Waals surface area contributed by atoms with E-state index in [0.717, 1.165) is 69.3 Å². The number of hydrogen-bond acceptors (Lipinski definition) is 6. The average molecular weight is 699 g/mol. The Morgan fingerprint density at radius 1 is 0.923 bits per heavy atom. The fourth-order valence-electron chi connectivity index (χ4n) is 7.83. The van der Waals surface area contributed by atoms with E-state index in [1.807, 2.05) is 60.4 Å². The Bertz CT molecular complexity index is 2160. The minimum absolute atomic E-state index is 0.0910. The maximum atomic E-state index is 13.7. The number of alkyl carbamates (subject to hydrolysis) is 1. The van der Waals surface area contributed by atoms with Gasteiger partial charge in [-0.1, -0.05) is 74.5 Å². The lowest BCUT2D eigenvalue weighted by molar-refractivity contribution is -0.133. The van der Waals surface area contributed by atoms with E-state index in [9.17, 15) is 14.4 Å². The number of imidazole rings is 1. The second-order valence-electron chi connectivity index (χ2n) is 14.5. The molecule has 2 fully saturated rings. The quantitative estimate of drug-likeness (QED) is 0.160. The zero-order valence-corrected chi connectivity index (χ0v) is 30.1. The van der Waals surface area contributed by atoms with Gasteiger partial charge in [0.25, 0.3) is 0 Å². The van der Waals surface area contributed by atoms with Crippen LogP contribution in [0.3, 0.4) is 0 Å². The van der Waals surface area contributed by atoms with Crippen LogP contribution >= 0.6 is 0 Å². The maximum Gasteiger partial charge on any atom is 0.407 e. The molecule has 7 rings (SSSR count). The summed E-state index contributed by atoms with van der Waals surface area (Å²) in [6.07, 6.45) is 2.93. The van der Waals surface area contributed by atoms with Gasteiger partial charge in [-0.15, -0.1) is 0 Å². The van der Waals surface area contributed by atoms with Gasteiger partial charge in [-0.25, -0.2) is 9.78 Å². The normalized spacial score (nSPS) is 21.1. The molecule has 5 aromatic rings. The molecular formula is C42H46N6O4. The first-order valence-corrected chi connectivity index (χ1v) is 18.1. The number of methoxy groups -OCH3 is 1. The van der Waals surface area contributed by atoms with Gasteiger partial charge in [-0.2, -0.15) is 0 Å². The predicted molar refractivity (Wildman–Crippen MR) is 204 cm³/mol. The highest BCUT2D eigenvalue weighted by molar-refractivity contribution is 5.91. The van der Waals surface area contributed by atoms with Crippen LogP contribution in [-0.2, 0) is 14.3 Å². The lowest BCUT2D eigenvalue weighted by atomic mass is 9.98. The highest BCUT2D eigenvalue weighted by Crippen LogP contribution is 2.38. The van der Waals surface area contributed by atoms with Crippen LogP contribution in [0.4, 0.5) is 4.79 Å². The highest BCUT2D eigenvalue weighted by Gasteiger charge is 2.38. The zero-order chi connectivity index (χ0) is 36.5. The van der Waals surface area contributed by atoms with Crippen LogP contribution in [0.5, 0.6) is 0 Å². The van der Waals surface area contributed by atoms with Crippen molar-refractivity contribution >= 4 is 45.8 Å². The number of H-pyrrole nitrogens is 1. The second kappa shape index (κ2) is 14.5. The molecule has 0 aliphatic carbocycles. The third-order valence-electron chi connectivity index (χ3n) is 10.6. The number of aromatic amines is 1. The topological polar surface area (TPSA) is 134 Å². The number of nitrogens with one attached hydrogen (secondary N) is 2. The van der Waals surface area contributed by atoms with Gasteiger partial charge in [0.1, 0.15) is 12.4 Å². The Morgan fingerprint density at radius 3 is 2.40 bits per heavy atom. The number of aromatic nitrogens is 2. The number of fused-ring (bicyclic) bond motifs is 2. The molecule has 1 aromatic heterocycles. The van der Waals surface area contributed by atoms with Crippen molar-refractivity contribution in [1.82, 2.24) is 25.1 Å². The zero-order valence-electron chi connectivity index (χ0n) is 30.1. The SMILES string of the molecule is COC(=O)NCC(=O)N1C[C@@H](C)C[C@H]1/C(N)=C\c1ccc2cc(-c3ccc4nc([C@@H]5C[C@H](C)CN5C(=O)[C@H](C)c5ccccc5)[nH]c4c3)ccc2c1. The number of rotatable bonds is 8. The first kappa shape index (κ1) is 34.8. The van der Waals surface area contributed by atoms with Crippen molar-refractivity contribution in [3.63, 3.8) is 0 Å². The molecule has 0 spiro atoms. The van der Waals surface area contributed by atoms with Crippen LogP contribution in [0, 0.1) is 11.8 Å². The lowest BCUT2D eigenvalue weighted by Crippen LogP contribution is -2.44. The van der Waals surface area contributed by atoms with Crippen LogP contribution in [0.25, 0.3) is 39.0 Å². The Hall–Kier alpha value is -5.64. The number of carbonyl (C=O) groups is 3. The Labute approximate surface area is 304 Å². The van der Waals surface area contributed by atoms with Gasteiger partial charge in [0, 0.05) is 18.8 Å². The average Bonchev–Trinajstić information content (AvgIpc) is 3.89. The summed E-state index contributed by atoms with van der Waals surface area (Å²) < 4.78 is 4.60. The van der Waals surface area contributed by atoms with E-state index in [4.69, 9.17) is 10.7 Å². The van der Waals surface area contributed by atoms with Crippen molar-refractivity contribution in [2.45, 2.75) is 51.6 Å². The Balaban J connectivity index is 1.08. The molecule has 10 heteroatoms. The summed E-state index contributed by atoms with van der Waals surface area (Å²) in [5.74, 6) is 1.24. The largest absolute Gasteiger partial charge is 0.453 e. The molecule has 268 valence electrons. The van der Waals surface area contributed by atoms with Gasteiger partial charge >= 0.3 is 6.09 Å². The van der Waals surface area contributed by atoms with Gasteiger partial charge in [0.2, 0.25) is 11.8 Å². The summed E-state index contributed by atoms with van der Waals surface area (Å²) in [6.45, 7) is 7.45. The standard InChI is InChI=1S/C42H46N6O4/c1-25-16-37(47(23-25)39(49)22-44-42(51)52-4)34(43)19-28-10-11-31-20-32(13-12-30(31)18-28)33-14-15-35-36(21-33)46-40(45-35)38-17-26(2)24-48(38)41(50)27(3)29-8-6-5-7-9-29/h5-15,18-21,25-27,37-38H,16-17,22-24,43H2,1-4H3,(H,44,51)(H,45,46)/b34-19+/t25-,26-,27+,37-,38-/m0/s1. The number of carbonyl (C=O) groups excluding carboxylic acids is 3. The predicted octanol–water partition coefficient (Wildman–Crippen LogP) is 6.99. The van der Waals surface area contributed by atoms with Gasteiger partial charge < -0.3 is 30.6 Å². The van der Waals surface area contributed by atoms with Crippen LogP contribution in [0.2, 0.25) is 0 Å². The Kier molecular flexibility index (Phi) is 9.73. The molecule has 0 saturated carbocycles. The van der Waals surface area contributed by atoms with Crippen LogP contribution in [0.15, 0.2) is 90.6 Å². The third kappa shape index (κ3) is 7.10. The minimum atomic E-state index is -0.639. The minimum Gasteiger partial charge on any atom is -0.453 e. The summed E-state index contributed by atoms with van der Waals surface area (Å²) in [5, 5.41) is 4.65. The molecule has 4 aromatic carbocycles. The number of likely N-dealkylation sites (tertiary alicyclic amines) is 2. The molecule has 0 radical (unpaired) electrons. The number of hydrogen-bond donors (Lipinski definition) is 3. The molecule has 4 N–H and O–H groups in total. The Morgan fingerprint density at radius 2 is 1.62 bits per heavy atom. The fourth-order valence-corrected chi connectivity index (χ4v) is 7.83.